The van der Waals surface area contributed by atoms with E-state index in [1.165, 1.54) is 4.31 Å². The molecule has 154 valence electrons. The number of thiophene rings is 1. The number of hydrogen-bond acceptors (Lipinski definition) is 7. The van der Waals surface area contributed by atoms with Crippen LogP contribution in [0.15, 0.2) is 40.6 Å². The predicted octanol–water partition coefficient (Wildman–Crippen LogP) is 1.53. The Morgan fingerprint density at radius 3 is 2.62 bits per heavy atom. The lowest BCUT2D eigenvalue weighted by Crippen LogP contribution is -2.40. The molecule has 1 aromatic heterocycles. The molecule has 0 radical (unpaired) electrons. The number of sulfonamides is 1. The van der Waals surface area contributed by atoms with Gasteiger partial charge < -0.3 is 14.8 Å². The number of hydrogen-bond donors (Lipinski definition) is 1. The molecule has 1 aliphatic rings. The fourth-order valence-corrected chi connectivity index (χ4v) is 5.54. The van der Waals surface area contributed by atoms with Gasteiger partial charge in [0.1, 0.15) is 9.96 Å². The standard InChI is InChI=1S/C19H21N3O5S2/c20-8-7-15-1-3-16(4-2-15)27-14-18(23)21-13-17-5-6-19(28-17)29(24,25)22-9-11-26-12-10-22/h1-6H,7,9-14H2,(H,21,23). The molecule has 0 atom stereocenters. The van der Waals surface area contributed by atoms with Crippen molar-refractivity contribution in [2.75, 3.05) is 32.9 Å². The van der Waals surface area contributed by atoms with Crippen LogP contribution in [-0.2, 0) is 32.5 Å². The van der Waals surface area contributed by atoms with Gasteiger partial charge in [-0.1, -0.05) is 12.1 Å². The van der Waals surface area contributed by atoms with Gasteiger partial charge in [0.15, 0.2) is 6.61 Å². The normalized spacial score (nSPS) is 14.9. The van der Waals surface area contributed by atoms with Crippen molar-refractivity contribution < 1.29 is 22.7 Å². The maximum absolute atomic E-state index is 12.6. The minimum atomic E-state index is -3.52. The maximum atomic E-state index is 12.6. The second-order valence-electron chi connectivity index (χ2n) is 6.28. The molecular weight excluding hydrogens is 414 g/mol. The van der Waals surface area contributed by atoms with E-state index in [0.29, 0.717) is 38.5 Å². The molecule has 1 aliphatic heterocycles. The van der Waals surface area contributed by atoms with E-state index in [2.05, 4.69) is 11.4 Å². The van der Waals surface area contributed by atoms with Crippen LogP contribution in [-0.4, -0.2) is 51.5 Å². The van der Waals surface area contributed by atoms with E-state index >= 15 is 0 Å². The number of nitrogens with zero attached hydrogens (tertiary/aromatic N) is 2. The van der Waals surface area contributed by atoms with E-state index in [1.54, 1.807) is 36.4 Å². The molecule has 0 spiro atoms. The summed E-state index contributed by atoms with van der Waals surface area (Å²) in [5.74, 6) is 0.231. The fourth-order valence-electron chi connectivity index (χ4n) is 2.69. The zero-order valence-electron chi connectivity index (χ0n) is 15.7. The summed E-state index contributed by atoms with van der Waals surface area (Å²) in [5, 5.41) is 11.4. The van der Waals surface area contributed by atoms with Gasteiger partial charge in [-0.05, 0) is 29.8 Å². The quantitative estimate of drug-likeness (QED) is 0.674. The van der Waals surface area contributed by atoms with Crippen LogP contribution < -0.4 is 10.1 Å². The molecule has 3 rings (SSSR count). The number of amides is 1. The average Bonchev–Trinajstić information content (AvgIpc) is 3.23. The molecule has 1 N–H and O–H groups in total. The number of nitrogens with one attached hydrogen (secondary N) is 1. The highest BCUT2D eigenvalue weighted by atomic mass is 32.2. The lowest BCUT2D eigenvalue weighted by Gasteiger charge is -2.25. The van der Waals surface area contributed by atoms with E-state index in [9.17, 15) is 13.2 Å². The fraction of sp³-hybridized carbons (Fsp3) is 0.368. The van der Waals surface area contributed by atoms with Crippen LogP contribution in [0.25, 0.3) is 0 Å². The topological polar surface area (TPSA) is 109 Å². The lowest BCUT2D eigenvalue weighted by molar-refractivity contribution is -0.123. The number of rotatable bonds is 8. The average molecular weight is 436 g/mol. The third-order valence-corrected chi connectivity index (χ3v) is 7.69. The highest BCUT2D eigenvalue weighted by Crippen LogP contribution is 2.25. The number of benzene rings is 1. The first-order valence-electron chi connectivity index (χ1n) is 9.01. The van der Waals surface area contributed by atoms with Crippen LogP contribution in [0.3, 0.4) is 0 Å². The molecule has 10 heteroatoms. The molecule has 1 saturated heterocycles. The minimum absolute atomic E-state index is 0.151. The van der Waals surface area contributed by atoms with Crippen molar-refractivity contribution in [2.45, 2.75) is 17.2 Å². The summed E-state index contributed by atoms with van der Waals surface area (Å²) in [6, 6.07) is 12.3. The van der Waals surface area contributed by atoms with Crippen molar-refractivity contribution in [3.05, 3.63) is 46.8 Å². The van der Waals surface area contributed by atoms with Gasteiger partial charge >= 0.3 is 0 Å². The van der Waals surface area contributed by atoms with E-state index < -0.39 is 10.0 Å². The van der Waals surface area contributed by atoms with Gasteiger partial charge in [-0.2, -0.15) is 9.57 Å². The molecule has 1 aromatic carbocycles. The van der Waals surface area contributed by atoms with Crippen molar-refractivity contribution in [1.82, 2.24) is 9.62 Å². The molecule has 29 heavy (non-hydrogen) atoms. The van der Waals surface area contributed by atoms with Gasteiger partial charge in [0.2, 0.25) is 0 Å². The molecule has 0 aliphatic carbocycles. The molecule has 1 amide bonds. The smallest absolute Gasteiger partial charge is 0.258 e. The van der Waals surface area contributed by atoms with Crippen molar-refractivity contribution >= 4 is 27.3 Å². The zero-order chi connectivity index (χ0) is 20.7. The second-order valence-corrected chi connectivity index (χ2v) is 9.61. The minimum Gasteiger partial charge on any atom is -0.484 e. The number of ether oxygens (including phenoxy) is 2. The Labute approximate surface area is 173 Å². The number of carbonyl (C=O) groups excluding carboxylic acids is 1. The SMILES string of the molecule is N#CCc1ccc(OCC(=O)NCc2ccc(S(=O)(=O)N3CCOCC3)s2)cc1. The number of nitriles is 1. The molecule has 0 bridgehead atoms. The van der Waals surface area contributed by atoms with Gasteiger partial charge in [0.05, 0.1) is 32.2 Å². The van der Waals surface area contributed by atoms with Gasteiger partial charge in [0.25, 0.3) is 15.9 Å². The highest BCUT2D eigenvalue weighted by Gasteiger charge is 2.27. The molecule has 2 aromatic rings. The molecule has 0 unspecified atom stereocenters. The number of morpholine rings is 1. The van der Waals surface area contributed by atoms with Crippen LogP contribution in [0, 0.1) is 11.3 Å². The summed E-state index contributed by atoms with van der Waals surface area (Å²) in [7, 11) is -3.52. The monoisotopic (exact) mass is 435 g/mol. The van der Waals surface area contributed by atoms with Crippen LogP contribution in [0.4, 0.5) is 0 Å². The Morgan fingerprint density at radius 2 is 1.93 bits per heavy atom. The van der Waals surface area contributed by atoms with Gasteiger partial charge in [0, 0.05) is 18.0 Å². The Morgan fingerprint density at radius 1 is 1.21 bits per heavy atom. The largest absolute Gasteiger partial charge is 0.484 e. The molecule has 1 fully saturated rings. The van der Waals surface area contributed by atoms with Crippen molar-refractivity contribution in [2.24, 2.45) is 0 Å². The van der Waals surface area contributed by atoms with Crippen LogP contribution in [0.1, 0.15) is 10.4 Å². The zero-order valence-corrected chi connectivity index (χ0v) is 17.3. The van der Waals surface area contributed by atoms with E-state index in [4.69, 9.17) is 14.7 Å². The van der Waals surface area contributed by atoms with Crippen LogP contribution in [0.5, 0.6) is 5.75 Å². The summed E-state index contributed by atoms with van der Waals surface area (Å²) in [6.45, 7) is 1.57. The van der Waals surface area contributed by atoms with Crippen molar-refractivity contribution in [1.29, 1.82) is 5.26 Å². The third-order valence-electron chi connectivity index (χ3n) is 4.24. The third kappa shape index (κ3) is 5.77. The first-order valence-corrected chi connectivity index (χ1v) is 11.3. The Bertz CT molecular complexity index is 974. The summed E-state index contributed by atoms with van der Waals surface area (Å²) < 4.78 is 37.5. The summed E-state index contributed by atoms with van der Waals surface area (Å²) in [4.78, 5) is 12.7. The summed E-state index contributed by atoms with van der Waals surface area (Å²) in [5.41, 5.74) is 0.879. The molecular formula is C19H21N3O5S2. The van der Waals surface area contributed by atoms with Gasteiger partial charge in [-0.25, -0.2) is 8.42 Å². The van der Waals surface area contributed by atoms with E-state index in [-0.39, 0.29) is 23.3 Å². The van der Waals surface area contributed by atoms with Crippen LogP contribution >= 0.6 is 11.3 Å². The van der Waals surface area contributed by atoms with Crippen molar-refractivity contribution in [3.63, 3.8) is 0 Å². The first-order chi connectivity index (χ1) is 14.0. The molecule has 8 nitrogen and oxygen atoms in total. The Balaban J connectivity index is 1.47. The van der Waals surface area contributed by atoms with Crippen molar-refractivity contribution in [3.8, 4) is 11.8 Å². The summed E-state index contributed by atoms with van der Waals surface area (Å²) >= 11 is 1.14. The van der Waals surface area contributed by atoms with E-state index in [0.717, 1.165) is 21.8 Å². The Hall–Kier alpha value is -2.45. The second kappa shape index (κ2) is 9.84. The Kier molecular flexibility index (Phi) is 7.22. The predicted molar refractivity (Wildman–Crippen MR) is 107 cm³/mol. The molecule has 2 heterocycles. The maximum Gasteiger partial charge on any atom is 0.258 e. The number of carbonyl (C=O) groups is 1. The first kappa shape index (κ1) is 21.3. The van der Waals surface area contributed by atoms with E-state index in [1.807, 2.05) is 0 Å². The molecule has 0 saturated carbocycles. The van der Waals surface area contributed by atoms with Gasteiger partial charge in [-0.15, -0.1) is 11.3 Å². The summed E-state index contributed by atoms with van der Waals surface area (Å²) in [6.07, 6.45) is 0.324. The lowest BCUT2D eigenvalue weighted by atomic mass is 10.2. The highest BCUT2D eigenvalue weighted by molar-refractivity contribution is 7.91. The van der Waals surface area contributed by atoms with Crippen LogP contribution in [0.2, 0.25) is 0 Å². The van der Waals surface area contributed by atoms with Gasteiger partial charge in [-0.3, -0.25) is 4.79 Å².